The van der Waals surface area contributed by atoms with Crippen LogP contribution < -0.4 is 0 Å². The van der Waals surface area contributed by atoms with Crippen LogP contribution >= 0.6 is 0 Å². The van der Waals surface area contributed by atoms with Gasteiger partial charge in [0, 0.05) is 0 Å². The molecule has 0 spiro atoms. The normalized spacial score (nSPS) is 53.9. The van der Waals surface area contributed by atoms with Crippen molar-refractivity contribution in [2.45, 2.75) is 130 Å². The maximum Gasteiger partial charge on any atom is 0.187 e. The molecule has 20 atom stereocenters. The van der Waals surface area contributed by atoms with Gasteiger partial charge in [0.15, 0.2) is 25.2 Å². The Morgan fingerprint density at radius 1 is 0.409 bits per heavy atom. The molecule has 0 bridgehead atoms. The van der Waals surface area contributed by atoms with Crippen LogP contribution in [0.5, 0.6) is 0 Å². The highest BCUT2D eigenvalue weighted by Crippen LogP contribution is 2.34. The minimum atomic E-state index is -1.97. The third-order valence-corrected chi connectivity index (χ3v) is 8.16. The number of hydrogen-bond acceptors (Lipinski definition) is 20. The molecule has 20 heteroatoms. The molecule has 20 unspecified atom stereocenters. The number of rotatable bonds is 9. The Kier molecular flexibility index (Phi) is 12.3. The van der Waals surface area contributed by atoms with Crippen molar-refractivity contribution in [3.63, 3.8) is 0 Å². The van der Waals surface area contributed by atoms with E-state index in [1.54, 1.807) is 0 Å². The van der Waals surface area contributed by atoms with Crippen LogP contribution in [0.4, 0.5) is 0 Å². The Hall–Kier alpha value is -0.800. The van der Waals surface area contributed by atoms with Crippen LogP contribution in [0.1, 0.15) is 6.92 Å². The zero-order chi connectivity index (χ0) is 32.6. The van der Waals surface area contributed by atoms with Gasteiger partial charge < -0.3 is 99.5 Å². The molecule has 44 heavy (non-hydrogen) atoms. The van der Waals surface area contributed by atoms with E-state index in [-0.39, 0.29) is 0 Å². The largest absolute Gasteiger partial charge is 0.394 e. The van der Waals surface area contributed by atoms with E-state index in [0.717, 1.165) is 0 Å². The van der Waals surface area contributed by atoms with Gasteiger partial charge in [-0.15, -0.1) is 0 Å². The van der Waals surface area contributed by atoms with Gasteiger partial charge in [0.25, 0.3) is 0 Å². The van der Waals surface area contributed by atoms with Gasteiger partial charge >= 0.3 is 0 Å². The van der Waals surface area contributed by atoms with Crippen LogP contribution in [0.2, 0.25) is 0 Å². The summed E-state index contributed by atoms with van der Waals surface area (Å²) in [5, 5.41) is 133. The zero-order valence-corrected chi connectivity index (χ0v) is 23.3. The van der Waals surface area contributed by atoms with E-state index in [1.807, 2.05) is 0 Å². The Bertz CT molecular complexity index is 900. The summed E-state index contributed by atoms with van der Waals surface area (Å²) >= 11 is 0. The number of ether oxygens (including phenoxy) is 7. The fourth-order valence-corrected chi connectivity index (χ4v) is 5.49. The van der Waals surface area contributed by atoms with Gasteiger partial charge in [0.1, 0.15) is 91.6 Å². The second kappa shape index (κ2) is 15.0. The molecule has 4 aliphatic rings. The van der Waals surface area contributed by atoms with Crippen LogP contribution in [0.25, 0.3) is 0 Å². The van der Waals surface area contributed by atoms with Crippen molar-refractivity contribution in [3.05, 3.63) is 0 Å². The minimum absolute atomic E-state index is 0.816. The molecule has 0 amide bonds. The quantitative estimate of drug-likeness (QED) is 0.110. The topological polar surface area (TPSA) is 328 Å². The van der Waals surface area contributed by atoms with Gasteiger partial charge in [-0.25, -0.2) is 0 Å². The molecule has 4 saturated heterocycles. The van der Waals surface area contributed by atoms with Gasteiger partial charge in [-0.3, -0.25) is 0 Å². The van der Waals surface area contributed by atoms with Crippen LogP contribution in [0.3, 0.4) is 0 Å². The second-order valence-electron chi connectivity index (χ2n) is 11.1. The molecule has 0 aromatic heterocycles. The first-order chi connectivity index (χ1) is 20.7. The number of aliphatic hydroxyl groups excluding tert-OH is 13. The Balaban J connectivity index is 1.57. The molecule has 0 aromatic rings. The maximum absolute atomic E-state index is 11.1. The van der Waals surface area contributed by atoms with Crippen molar-refractivity contribution in [3.8, 4) is 0 Å². The van der Waals surface area contributed by atoms with Gasteiger partial charge in [-0.05, 0) is 6.92 Å². The average molecular weight is 651 g/mol. The molecule has 4 aliphatic heterocycles. The van der Waals surface area contributed by atoms with Crippen LogP contribution in [0, 0.1) is 0 Å². The van der Waals surface area contributed by atoms with Crippen molar-refractivity contribution < 1.29 is 99.5 Å². The molecular formula is C24H42O20. The predicted octanol–water partition coefficient (Wildman–Crippen LogP) is -8.72. The molecule has 13 N–H and O–H groups in total. The minimum Gasteiger partial charge on any atom is -0.394 e. The van der Waals surface area contributed by atoms with Crippen LogP contribution in [0.15, 0.2) is 0 Å². The molecule has 0 aromatic carbocycles. The van der Waals surface area contributed by atoms with Gasteiger partial charge in [-0.1, -0.05) is 0 Å². The molecule has 4 heterocycles. The van der Waals surface area contributed by atoms with Crippen molar-refractivity contribution >= 4 is 0 Å². The fourth-order valence-electron chi connectivity index (χ4n) is 5.49. The second-order valence-corrected chi connectivity index (χ2v) is 11.1. The van der Waals surface area contributed by atoms with Crippen LogP contribution in [-0.4, -0.2) is 209 Å². The summed E-state index contributed by atoms with van der Waals surface area (Å²) in [5.41, 5.74) is 0. The van der Waals surface area contributed by atoms with Gasteiger partial charge in [0.2, 0.25) is 0 Å². The molecule has 0 saturated carbocycles. The number of aliphatic hydroxyl groups is 13. The first kappa shape index (κ1) is 36.0. The van der Waals surface area contributed by atoms with E-state index in [1.165, 1.54) is 6.92 Å². The summed E-state index contributed by atoms with van der Waals surface area (Å²) in [5.74, 6) is 0. The van der Waals surface area contributed by atoms with E-state index in [4.69, 9.17) is 33.2 Å². The van der Waals surface area contributed by atoms with Crippen molar-refractivity contribution in [2.24, 2.45) is 0 Å². The fraction of sp³-hybridized carbons (Fsp3) is 1.00. The van der Waals surface area contributed by atoms with E-state index < -0.39 is 143 Å². The summed E-state index contributed by atoms with van der Waals surface area (Å²) in [7, 11) is 0. The molecular weight excluding hydrogens is 608 g/mol. The lowest BCUT2D eigenvalue weighted by Crippen LogP contribution is -2.67. The summed E-state index contributed by atoms with van der Waals surface area (Å²) in [6, 6.07) is 0. The van der Waals surface area contributed by atoms with Crippen LogP contribution in [-0.2, 0) is 33.2 Å². The lowest BCUT2D eigenvalue weighted by atomic mass is 9.95. The zero-order valence-electron chi connectivity index (χ0n) is 23.3. The SMILES string of the molecule is CC1OC(O)C(O)C(O)C1OC1OC(CO)C(O)C(OC2OC(CO)C(O)C(O)C2OC2OC(CO)C(O)C(O)C2O)C1O. The molecule has 4 rings (SSSR count). The van der Waals surface area contributed by atoms with Gasteiger partial charge in [0.05, 0.1) is 25.9 Å². The molecule has 258 valence electrons. The number of hydrogen-bond donors (Lipinski definition) is 13. The van der Waals surface area contributed by atoms with Gasteiger partial charge in [-0.2, -0.15) is 0 Å². The highest BCUT2D eigenvalue weighted by atomic mass is 16.8. The highest BCUT2D eigenvalue weighted by Gasteiger charge is 2.55. The van der Waals surface area contributed by atoms with E-state index in [2.05, 4.69) is 0 Å². The van der Waals surface area contributed by atoms with Crippen molar-refractivity contribution in [1.82, 2.24) is 0 Å². The summed E-state index contributed by atoms with van der Waals surface area (Å²) in [6.45, 7) is -1.15. The Morgan fingerprint density at radius 2 is 0.841 bits per heavy atom. The highest BCUT2D eigenvalue weighted by molar-refractivity contribution is 4.97. The standard InChI is InChI=1S/C24H42O20/c1-5-18(14(33)15(34)21(37)38-5)42-23-17(36)19(11(30)8(4-27)40-23)43-24-20(13(32)10(29)7(3-26)41-24)44-22-16(35)12(31)9(28)6(2-25)39-22/h5-37H,2-4H2,1H3. The van der Waals surface area contributed by atoms with Crippen molar-refractivity contribution in [2.75, 3.05) is 19.8 Å². The lowest BCUT2D eigenvalue weighted by molar-refractivity contribution is -0.395. The first-order valence-corrected chi connectivity index (χ1v) is 14.0. The predicted molar refractivity (Wildman–Crippen MR) is 132 cm³/mol. The molecule has 0 radical (unpaired) electrons. The maximum atomic E-state index is 11.1. The first-order valence-electron chi connectivity index (χ1n) is 14.0. The Labute approximate surface area is 249 Å². The molecule has 0 aliphatic carbocycles. The Morgan fingerprint density at radius 3 is 1.41 bits per heavy atom. The average Bonchev–Trinajstić information content (AvgIpc) is 3.00. The van der Waals surface area contributed by atoms with Crippen molar-refractivity contribution in [1.29, 1.82) is 0 Å². The van der Waals surface area contributed by atoms with E-state index in [9.17, 15) is 66.4 Å². The molecule has 4 fully saturated rings. The summed E-state index contributed by atoms with van der Waals surface area (Å²) in [4.78, 5) is 0. The summed E-state index contributed by atoms with van der Waals surface area (Å²) in [6.07, 6.45) is -34.6. The monoisotopic (exact) mass is 650 g/mol. The lowest BCUT2D eigenvalue weighted by Gasteiger charge is -2.49. The van der Waals surface area contributed by atoms with E-state index in [0.29, 0.717) is 0 Å². The molecule has 20 nitrogen and oxygen atoms in total. The summed E-state index contributed by atoms with van der Waals surface area (Å²) < 4.78 is 38.3. The smallest absolute Gasteiger partial charge is 0.187 e. The third-order valence-electron chi connectivity index (χ3n) is 8.16. The van der Waals surface area contributed by atoms with E-state index >= 15 is 0 Å². The third kappa shape index (κ3) is 7.05.